The maximum atomic E-state index is 9.27. The largest absolute Gasteiger partial charge is 0.493 e. The fourth-order valence-electron chi connectivity index (χ4n) is 2.62. The first kappa shape index (κ1) is 16.1. The van der Waals surface area contributed by atoms with E-state index in [0.29, 0.717) is 35.4 Å². The van der Waals surface area contributed by atoms with Gasteiger partial charge in [-0.25, -0.2) is 0 Å². The number of nitrogens with zero attached hydrogens (tertiary/aromatic N) is 2. The highest BCUT2D eigenvalue weighted by molar-refractivity contribution is 5.63. The Kier molecular flexibility index (Phi) is 4.87. The number of hydrogen-bond donors (Lipinski definition) is 1. The fraction of sp³-hybridized carbons (Fsp3) is 0.412. The molecule has 3 rings (SSSR count). The number of methoxy groups -OCH3 is 2. The lowest BCUT2D eigenvalue weighted by molar-refractivity contribution is 0.120. The van der Waals surface area contributed by atoms with Crippen molar-refractivity contribution in [2.45, 2.75) is 18.9 Å². The van der Waals surface area contributed by atoms with Gasteiger partial charge in [-0.3, -0.25) is 0 Å². The van der Waals surface area contributed by atoms with E-state index >= 15 is 0 Å². The molecule has 1 aromatic heterocycles. The van der Waals surface area contributed by atoms with Gasteiger partial charge < -0.3 is 23.9 Å². The molecule has 0 radical (unpaired) electrons. The summed E-state index contributed by atoms with van der Waals surface area (Å²) in [5.74, 6) is 1.89. The Bertz CT molecular complexity index is 745. The van der Waals surface area contributed by atoms with Gasteiger partial charge in [-0.1, -0.05) is 0 Å². The molecule has 7 nitrogen and oxygen atoms in total. The predicted octanol–water partition coefficient (Wildman–Crippen LogP) is 2.82. The van der Waals surface area contributed by atoms with Crippen molar-refractivity contribution in [2.75, 3.05) is 32.7 Å². The second kappa shape index (κ2) is 7.23. The highest BCUT2D eigenvalue weighted by Gasteiger charge is 2.19. The van der Waals surface area contributed by atoms with Gasteiger partial charge in [-0.2, -0.15) is 10.2 Å². The van der Waals surface area contributed by atoms with E-state index in [1.807, 2.05) is 6.07 Å². The molecule has 7 heteroatoms. The number of oxazole rings is 1. The minimum absolute atomic E-state index is 0.145. The molecule has 126 valence electrons. The molecule has 2 heterocycles. The van der Waals surface area contributed by atoms with E-state index in [1.165, 1.54) is 0 Å². The highest BCUT2D eigenvalue weighted by Crippen LogP contribution is 2.33. The fourth-order valence-corrected chi connectivity index (χ4v) is 2.62. The lowest BCUT2D eigenvalue weighted by atomic mass is 10.2. The number of rotatable bonds is 6. The summed E-state index contributed by atoms with van der Waals surface area (Å²) >= 11 is 0. The standard InChI is InChI=1S/C17H19N3O4/c1-21-14-6-5-11(8-15(14)22-2)16-20-13(9-18)17(24-16)19-10-12-4-3-7-23-12/h5-6,8,12,19H,3-4,7,10H2,1-2H3/t12-/m1/s1. The van der Waals surface area contributed by atoms with Gasteiger partial charge in [0.25, 0.3) is 0 Å². The molecule has 0 spiro atoms. The van der Waals surface area contributed by atoms with Crippen LogP contribution in [0, 0.1) is 11.3 Å². The summed E-state index contributed by atoms with van der Waals surface area (Å²) in [6, 6.07) is 7.38. The Morgan fingerprint density at radius 2 is 2.17 bits per heavy atom. The molecule has 2 aromatic rings. The summed E-state index contributed by atoms with van der Waals surface area (Å²) in [6.07, 6.45) is 2.21. The number of benzene rings is 1. The van der Waals surface area contributed by atoms with Crippen LogP contribution in [-0.4, -0.2) is 38.5 Å². The minimum atomic E-state index is 0.145. The molecular formula is C17H19N3O4. The van der Waals surface area contributed by atoms with E-state index in [0.717, 1.165) is 19.4 Å². The van der Waals surface area contributed by atoms with Crippen LogP contribution in [0.1, 0.15) is 18.5 Å². The van der Waals surface area contributed by atoms with Crippen LogP contribution in [0.3, 0.4) is 0 Å². The number of nitrogens with one attached hydrogen (secondary N) is 1. The second-order valence-corrected chi connectivity index (χ2v) is 5.39. The SMILES string of the molecule is COc1ccc(-c2nc(C#N)c(NC[C@H]3CCCO3)o2)cc1OC. The lowest BCUT2D eigenvalue weighted by Gasteiger charge is -2.09. The van der Waals surface area contributed by atoms with Crippen LogP contribution in [0.2, 0.25) is 0 Å². The van der Waals surface area contributed by atoms with E-state index in [2.05, 4.69) is 10.3 Å². The normalized spacial score (nSPS) is 16.6. The Morgan fingerprint density at radius 1 is 1.33 bits per heavy atom. The van der Waals surface area contributed by atoms with Gasteiger partial charge in [-0.15, -0.1) is 0 Å². The molecule has 1 atom stereocenters. The maximum absolute atomic E-state index is 9.27. The van der Waals surface area contributed by atoms with Gasteiger partial charge in [0.1, 0.15) is 6.07 Å². The Balaban J connectivity index is 1.82. The highest BCUT2D eigenvalue weighted by atomic mass is 16.5. The molecule has 1 aromatic carbocycles. The summed E-state index contributed by atoms with van der Waals surface area (Å²) in [7, 11) is 3.13. The van der Waals surface area contributed by atoms with Gasteiger partial charge in [-0.05, 0) is 31.0 Å². The molecule has 0 bridgehead atoms. The molecule has 1 aliphatic heterocycles. The van der Waals surface area contributed by atoms with Crippen LogP contribution in [0.5, 0.6) is 11.5 Å². The molecule has 0 unspecified atom stereocenters. The summed E-state index contributed by atoms with van der Waals surface area (Å²) in [5.41, 5.74) is 0.923. The number of nitriles is 1. The monoisotopic (exact) mass is 329 g/mol. The summed E-state index contributed by atoms with van der Waals surface area (Å²) in [4.78, 5) is 4.25. The van der Waals surface area contributed by atoms with Crippen LogP contribution in [0.4, 0.5) is 5.88 Å². The van der Waals surface area contributed by atoms with E-state index < -0.39 is 0 Å². The quantitative estimate of drug-likeness (QED) is 0.871. The maximum Gasteiger partial charge on any atom is 0.232 e. The van der Waals surface area contributed by atoms with Crippen LogP contribution < -0.4 is 14.8 Å². The first-order valence-corrected chi connectivity index (χ1v) is 7.74. The summed E-state index contributed by atoms with van der Waals surface area (Å²) in [5, 5.41) is 12.4. The number of anilines is 1. The van der Waals surface area contributed by atoms with Crippen LogP contribution in [0.25, 0.3) is 11.5 Å². The smallest absolute Gasteiger partial charge is 0.232 e. The molecule has 1 N–H and O–H groups in total. The average Bonchev–Trinajstić information content (AvgIpc) is 3.28. The molecule has 1 fully saturated rings. The van der Waals surface area contributed by atoms with Crippen molar-refractivity contribution in [1.82, 2.24) is 4.98 Å². The van der Waals surface area contributed by atoms with Crippen LogP contribution in [0.15, 0.2) is 22.6 Å². The molecule has 1 aliphatic rings. The van der Waals surface area contributed by atoms with Crippen molar-refractivity contribution in [3.8, 4) is 29.0 Å². The van der Waals surface area contributed by atoms with Gasteiger partial charge in [0.15, 0.2) is 11.5 Å². The van der Waals surface area contributed by atoms with Crippen molar-refractivity contribution >= 4 is 5.88 Å². The van der Waals surface area contributed by atoms with Gasteiger partial charge >= 0.3 is 0 Å². The zero-order chi connectivity index (χ0) is 16.9. The lowest BCUT2D eigenvalue weighted by Crippen LogP contribution is -2.18. The Hall–Kier alpha value is -2.72. The summed E-state index contributed by atoms with van der Waals surface area (Å²) < 4.78 is 21.8. The molecule has 1 saturated heterocycles. The third-order valence-corrected chi connectivity index (χ3v) is 3.88. The summed E-state index contributed by atoms with van der Waals surface area (Å²) in [6.45, 7) is 1.37. The molecule has 0 aliphatic carbocycles. The number of aromatic nitrogens is 1. The Morgan fingerprint density at radius 3 is 2.83 bits per heavy atom. The van der Waals surface area contributed by atoms with Crippen molar-refractivity contribution in [1.29, 1.82) is 5.26 Å². The van der Waals surface area contributed by atoms with E-state index in [9.17, 15) is 5.26 Å². The third kappa shape index (κ3) is 3.29. The van der Waals surface area contributed by atoms with E-state index in [4.69, 9.17) is 18.6 Å². The van der Waals surface area contributed by atoms with Crippen molar-refractivity contribution in [2.24, 2.45) is 0 Å². The first-order chi connectivity index (χ1) is 11.7. The first-order valence-electron chi connectivity index (χ1n) is 7.74. The third-order valence-electron chi connectivity index (χ3n) is 3.88. The van der Waals surface area contributed by atoms with Gasteiger partial charge in [0.05, 0.1) is 20.3 Å². The van der Waals surface area contributed by atoms with Crippen molar-refractivity contribution in [3.63, 3.8) is 0 Å². The van der Waals surface area contributed by atoms with Crippen LogP contribution in [-0.2, 0) is 4.74 Å². The molecule has 0 amide bonds. The molecule has 24 heavy (non-hydrogen) atoms. The topological polar surface area (TPSA) is 89.5 Å². The van der Waals surface area contributed by atoms with Crippen LogP contribution >= 0.6 is 0 Å². The molecule has 0 saturated carbocycles. The van der Waals surface area contributed by atoms with Gasteiger partial charge in [0.2, 0.25) is 17.5 Å². The number of ether oxygens (including phenoxy) is 3. The molecular weight excluding hydrogens is 310 g/mol. The van der Waals surface area contributed by atoms with Gasteiger partial charge in [0, 0.05) is 18.7 Å². The predicted molar refractivity (Wildman–Crippen MR) is 87.2 cm³/mol. The minimum Gasteiger partial charge on any atom is -0.493 e. The van der Waals surface area contributed by atoms with Crippen molar-refractivity contribution < 1.29 is 18.6 Å². The van der Waals surface area contributed by atoms with Crippen molar-refractivity contribution in [3.05, 3.63) is 23.9 Å². The van der Waals surface area contributed by atoms with E-state index in [1.54, 1.807) is 32.4 Å². The number of hydrogen-bond acceptors (Lipinski definition) is 7. The zero-order valence-corrected chi connectivity index (χ0v) is 13.7. The van der Waals surface area contributed by atoms with E-state index in [-0.39, 0.29) is 11.8 Å². The zero-order valence-electron chi connectivity index (χ0n) is 13.7. The Labute approximate surface area is 140 Å². The average molecular weight is 329 g/mol. The second-order valence-electron chi connectivity index (χ2n) is 5.39.